The zero-order valence-corrected chi connectivity index (χ0v) is 15.0. The van der Waals surface area contributed by atoms with Crippen LogP contribution in [0.25, 0.3) is 0 Å². The minimum absolute atomic E-state index is 0.937. The molecule has 0 saturated carbocycles. The molecule has 1 saturated heterocycles. The molecule has 1 fully saturated rings. The second-order valence-corrected chi connectivity index (χ2v) is 6.70. The van der Waals surface area contributed by atoms with Crippen LogP contribution >= 0.6 is 0 Å². The predicted molar refractivity (Wildman–Crippen MR) is 97.0 cm³/mol. The van der Waals surface area contributed by atoms with Crippen molar-refractivity contribution in [1.29, 1.82) is 0 Å². The van der Waals surface area contributed by atoms with Crippen LogP contribution in [0.2, 0.25) is 0 Å². The standard InChI is InChI=1S/C20H39NO/c1-2-3-4-5-6-7-8-9-10-11-12-13-14-15-16-17-18-21-19-20-22-21/h9-10H,2-8,11-20H2,1H3/b10-9-. The van der Waals surface area contributed by atoms with Crippen LogP contribution in [-0.4, -0.2) is 24.8 Å². The van der Waals surface area contributed by atoms with Crippen molar-refractivity contribution < 1.29 is 4.84 Å². The molecule has 0 amide bonds. The molecular formula is C20H39NO. The van der Waals surface area contributed by atoms with E-state index in [4.69, 9.17) is 4.84 Å². The maximum Gasteiger partial charge on any atom is 0.0835 e. The molecule has 0 aromatic heterocycles. The summed E-state index contributed by atoms with van der Waals surface area (Å²) in [6, 6.07) is 0. The first kappa shape index (κ1) is 19.7. The molecule has 0 radical (unpaired) electrons. The van der Waals surface area contributed by atoms with Crippen molar-refractivity contribution in [3.63, 3.8) is 0 Å². The zero-order chi connectivity index (χ0) is 15.7. The van der Waals surface area contributed by atoms with Gasteiger partial charge < -0.3 is 0 Å². The molecule has 0 spiro atoms. The molecule has 1 rings (SSSR count). The summed E-state index contributed by atoms with van der Waals surface area (Å²) in [7, 11) is 0. The molecular weight excluding hydrogens is 270 g/mol. The van der Waals surface area contributed by atoms with Gasteiger partial charge in [-0.3, -0.25) is 4.84 Å². The molecule has 0 aromatic carbocycles. The van der Waals surface area contributed by atoms with E-state index >= 15 is 0 Å². The van der Waals surface area contributed by atoms with Crippen molar-refractivity contribution in [2.24, 2.45) is 0 Å². The van der Waals surface area contributed by atoms with Crippen molar-refractivity contribution in [1.82, 2.24) is 5.06 Å². The van der Waals surface area contributed by atoms with Crippen LogP contribution in [0.5, 0.6) is 0 Å². The highest BCUT2D eigenvalue weighted by atomic mass is 16.7. The Balaban J connectivity index is 1.67. The summed E-state index contributed by atoms with van der Waals surface area (Å²) in [5.41, 5.74) is 0. The lowest BCUT2D eigenvalue weighted by Crippen LogP contribution is -2.39. The monoisotopic (exact) mass is 309 g/mol. The van der Waals surface area contributed by atoms with Gasteiger partial charge in [0.15, 0.2) is 0 Å². The minimum atomic E-state index is 0.937. The summed E-state index contributed by atoms with van der Waals surface area (Å²) in [6.45, 7) is 5.50. The Bertz CT molecular complexity index is 248. The number of nitrogens with zero attached hydrogens (tertiary/aromatic N) is 1. The second kappa shape index (κ2) is 15.6. The van der Waals surface area contributed by atoms with Gasteiger partial charge in [-0.15, -0.1) is 0 Å². The number of rotatable bonds is 16. The number of allylic oxidation sites excluding steroid dienone is 2. The first-order valence-electron chi connectivity index (χ1n) is 9.96. The SMILES string of the molecule is CCCCCCCC/C=C\CCCCCCCCN1CCO1. The maximum atomic E-state index is 5.28. The van der Waals surface area contributed by atoms with Gasteiger partial charge in [0.05, 0.1) is 6.61 Å². The maximum absolute atomic E-state index is 5.28. The van der Waals surface area contributed by atoms with Gasteiger partial charge in [-0.2, -0.15) is 5.06 Å². The number of hydrogen-bond donors (Lipinski definition) is 0. The fraction of sp³-hybridized carbons (Fsp3) is 0.900. The number of hydroxylamine groups is 2. The molecule has 0 aromatic rings. The average molecular weight is 310 g/mol. The van der Waals surface area contributed by atoms with Crippen molar-refractivity contribution in [2.75, 3.05) is 19.7 Å². The summed E-state index contributed by atoms with van der Waals surface area (Å²) < 4.78 is 0. The van der Waals surface area contributed by atoms with E-state index < -0.39 is 0 Å². The lowest BCUT2D eigenvalue weighted by Gasteiger charge is -2.29. The zero-order valence-electron chi connectivity index (χ0n) is 15.0. The Labute approximate surface area is 139 Å². The molecule has 0 atom stereocenters. The van der Waals surface area contributed by atoms with Crippen molar-refractivity contribution in [3.05, 3.63) is 12.2 Å². The highest BCUT2D eigenvalue weighted by Gasteiger charge is 2.12. The van der Waals surface area contributed by atoms with Crippen LogP contribution in [0.15, 0.2) is 12.2 Å². The van der Waals surface area contributed by atoms with Gasteiger partial charge in [0.25, 0.3) is 0 Å². The van der Waals surface area contributed by atoms with Crippen LogP contribution < -0.4 is 0 Å². The third-order valence-electron chi connectivity index (χ3n) is 4.53. The first-order chi connectivity index (χ1) is 10.9. The summed E-state index contributed by atoms with van der Waals surface area (Å²) >= 11 is 0. The average Bonchev–Trinajstić information content (AvgIpc) is 2.48. The molecule has 22 heavy (non-hydrogen) atoms. The van der Waals surface area contributed by atoms with Crippen LogP contribution in [0.3, 0.4) is 0 Å². The Hall–Kier alpha value is -0.340. The lowest BCUT2D eigenvalue weighted by molar-refractivity contribution is -0.246. The predicted octanol–water partition coefficient (Wildman–Crippen LogP) is 6.27. The van der Waals surface area contributed by atoms with Gasteiger partial charge in [-0.25, -0.2) is 0 Å². The van der Waals surface area contributed by atoms with Gasteiger partial charge in [-0.1, -0.05) is 76.9 Å². The lowest BCUT2D eigenvalue weighted by atomic mass is 10.1. The highest BCUT2D eigenvalue weighted by Crippen LogP contribution is 2.11. The van der Waals surface area contributed by atoms with Gasteiger partial charge in [-0.05, 0) is 32.1 Å². The van der Waals surface area contributed by atoms with E-state index in [1.165, 1.54) is 89.9 Å². The highest BCUT2D eigenvalue weighted by molar-refractivity contribution is 4.81. The van der Waals surface area contributed by atoms with Gasteiger partial charge in [0.2, 0.25) is 0 Å². The molecule has 0 aliphatic carbocycles. The van der Waals surface area contributed by atoms with Crippen LogP contribution in [-0.2, 0) is 4.84 Å². The van der Waals surface area contributed by atoms with E-state index in [0.717, 1.165) is 19.7 Å². The van der Waals surface area contributed by atoms with Gasteiger partial charge in [0.1, 0.15) is 0 Å². The second-order valence-electron chi connectivity index (χ2n) is 6.70. The fourth-order valence-electron chi connectivity index (χ4n) is 2.93. The molecule has 2 heteroatoms. The minimum Gasteiger partial charge on any atom is -0.297 e. The van der Waals surface area contributed by atoms with Crippen LogP contribution in [0.1, 0.15) is 96.8 Å². The summed E-state index contributed by atoms with van der Waals surface area (Å²) in [5, 5.41) is 2.09. The molecule has 2 nitrogen and oxygen atoms in total. The molecule has 0 bridgehead atoms. The summed E-state index contributed by atoms with van der Waals surface area (Å²) in [4.78, 5) is 5.28. The topological polar surface area (TPSA) is 12.5 Å². The Kier molecular flexibility index (Phi) is 13.9. The Morgan fingerprint density at radius 3 is 1.73 bits per heavy atom. The normalized spacial score (nSPS) is 15.5. The Morgan fingerprint density at radius 2 is 1.23 bits per heavy atom. The molecule has 0 unspecified atom stereocenters. The number of unbranched alkanes of at least 4 members (excludes halogenated alkanes) is 12. The van der Waals surface area contributed by atoms with E-state index in [1.54, 1.807) is 0 Å². The van der Waals surface area contributed by atoms with Crippen molar-refractivity contribution in [3.8, 4) is 0 Å². The van der Waals surface area contributed by atoms with E-state index in [2.05, 4.69) is 24.1 Å². The fourth-order valence-corrected chi connectivity index (χ4v) is 2.93. The van der Waals surface area contributed by atoms with Gasteiger partial charge in [0, 0.05) is 13.1 Å². The molecule has 1 heterocycles. The van der Waals surface area contributed by atoms with Crippen molar-refractivity contribution >= 4 is 0 Å². The Morgan fingerprint density at radius 1 is 0.727 bits per heavy atom. The van der Waals surface area contributed by atoms with Crippen LogP contribution in [0, 0.1) is 0 Å². The van der Waals surface area contributed by atoms with E-state index in [0.29, 0.717) is 0 Å². The van der Waals surface area contributed by atoms with Crippen molar-refractivity contribution in [2.45, 2.75) is 96.8 Å². The summed E-state index contributed by atoms with van der Waals surface area (Å²) in [6.07, 6.45) is 24.1. The largest absolute Gasteiger partial charge is 0.297 e. The molecule has 1 aliphatic heterocycles. The van der Waals surface area contributed by atoms with Crippen LogP contribution in [0.4, 0.5) is 0 Å². The third kappa shape index (κ3) is 12.2. The summed E-state index contributed by atoms with van der Waals surface area (Å²) in [5.74, 6) is 0. The first-order valence-corrected chi connectivity index (χ1v) is 9.96. The van der Waals surface area contributed by atoms with E-state index in [9.17, 15) is 0 Å². The smallest absolute Gasteiger partial charge is 0.0835 e. The number of hydrogen-bond acceptors (Lipinski definition) is 2. The van der Waals surface area contributed by atoms with E-state index in [1.807, 2.05) is 0 Å². The molecule has 1 aliphatic rings. The molecule has 130 valence electrons. The van der Waals surface area contributed by atoms with E-state index in [-0.39, 0.29) is 0 Å². The molecule has 0 N–H and O–H groups in total. The third-order valence-corrected chi connectivity index (χ3v) is 4.53. The van der Waals surface area contributed by atoms with Gasteiger partial charge >= 0.3 is 0 Å². The quantitative estimate of drug-likeness (QED) is 0.246.